The number of imide groups is 1. The van der Waals surface area contributed by atoms with Crippen LogP contribution >= 0.6 is 11.6 Å². The number of benzene rings is 3. The van der Waals surface area contributed by atoms with Crippen molar-refractivity contribution in [2.24, 2.45) is 5.92 Å². The number of rotatable bonds is 6. The number of carbonyl (C=O) groups is 3. The second-order valence-corrected chi connectivity index (χ2v) is 9.12. The zero-order chi connectivity index (χ0) is 24.7. The summed E-state index contributed by atoms with van der Waals surface area (Å²) in [5, 5.41) is 0.318. The molecule has 5 rings (SSSR count). The Kier molecular flexibility index (Phi) is 6.03. The van der Waals surface area contributed by atoms with Crippen molar-refractivity contribution in [2.45, 2.75) is 19.0 Å². The third kappa shape index (κ3) is 4.17. The number of ether oxygens (including phenoxy) is 1. The monoisotopic (exact) mass is 492 g/mol. The molecule has 0 spiro atoms. The van der Waals surface area contributed by atoms with Crippen molar-refractivity contribution in [2.75, 3.05) is 13.7 Å². The van der Waals surface area contributed by atoms with E-state index in [1.165, 1.54) is 23.1 Å². The molecule has 8 heteroatoms. The van der Waals surface area contributed by atoms with Gasteiger partial charge in [0.25, 0.3) is 11.8 Å². The van der Waals surface area contributed by atoms with E-state index in [-0.39, 0.29) is 25.4 Å². The summed E-state index contributed by atoms with van der Waals surface area (Å²) in [4.78, 5) is 42.0. The number of amides is 3. The Labute approximate surface area is 206 Å². The van der Waals surface area contributed by atoms with Gasteiger partial charge in [-0.25, -0.2) is 4.39 Å². The summed E-state index contributed by atoms with van der Waals surface area (Å²) >= 11 is 6.48. The summed E-state index contributed by atoms with van der Waals surface area (Å²) in [6.07, 6.45) is 0.0983. The summed E-state index contributed by atoms with van der Waals surface area (Å²) in [6.45, 7) is 0.285. The molecule has 2 aliphatic heterocycles. The molecule has 1 fully saturated rings. The van der Waals surface area contributed by atoms with Crippen LogP contribution in [0.3, 0.4) is 0 Å². The molecule has 0 aliphatic carbocycles. The Hall–Kier alpha value is -3.71. The highest BCUT2D eigenvalue weighted by atomic mass is 35.5. The number of hydrogen-bond acceptors (Lipinski definition) is 4. The maximum absolute atomic E-state index is 14.3. The van der Waals surface area contributed by atoms with Gasteiger partial charge in [0, 0.05) is 30.5 Å². The maximum atomic E-state index is 14.3. The molecule has 178 valence electrons. The fourth-order valence-corrected chi connectivity index (χ4v) is 5.17. The number of fused-ring (bicyclic) bond motifs is 1. The molecule has 3 aromatic rings. The molecule has 2 heterocycles. The average Bonchev–Trinajstić information content (AvgIpc) is 3.29. The predicted octanol–water partition coefficient (Wildman–Crippen LogP) is 4.87. The first-order chi connectivity index (χ1) is 16.9. The van der Waals surface area contributed by atoms with Gasteiger partial charge in [-0.15, -0.1) is 0 Å². The van der Waals surface area contributed by atoms with E-state index in [9.17, 15) is 18.8 Å². The van der Waals surface area contributed by atoms with Crippen LogP contribution in [-0.4, -0.2) is 41.2 Å². The highest BCUT2D eigenvalue weighted by molar-refractivity contribution is 6.31. The zero-order valence-corrected chi connectivity index (χ0v) is 19.7. The van der Waals surface area contributed by atoms with Gasteiger partial charge in [-0.3, -0.25) is 19.3 Å². The van der Waals surface area contributed by atoms with E-state index in [1.807, 2.05) is 12.1 Å². The Bertz CT molecular complexity index is 1290. The highest BCUT2D eigenvalue weighted by Crippen LogP contribution is 2.43. The first kappa shape index (κ1) is 23.1. The minimum Gasteiger partial charge on any atom is -0.497 e. The lowest BCUT2D eigenvalue weighted by Crippen LogP contribution is -2.37. The topological polar surface area (TPSA) is 66.9 Å². The maximum Gasteiger partial charge on any atom is 0.261 e. The van der Waals surface area contributed by atoms with Crippen LogP contribution < -0.4 is 4.74 Å². The molecule has 0 saturated carbocycles. The highest BCUT2D eigenvalue weighted by Gasteiger charge is 2.45. The molecule has 35 heavy (non-hydrogen) atoms. The molecule has 0 N–H and O–H groups in total. The Balaban J connectivity index is 1.49. The van der Waals surface area contributed by atoms with Crippen LogP contribution in [0.1, 0.15) is 44.3 Å². The fourth-order valence-electron chi connectivity index (χ4n) is 4.94. The lowest BCUT2D eigenvalue weighted by molar-refractivity contribution is -0.129. The predicted molar refractivity (Wildman–Crippen MR) is 128 cm³/mol. The van der Waals surface area contributed by atoms with E-state index in [2.05, 4.69) is 0 Å². The van der Waals surface area contributed by atoms with Gasteiger partial charge in [-0.1, -0.05) is 35.9 Å². The molecular weight excluding hydrogens is 471 g/mol. The largest absolute Gasteiger partial charge is 0.497 e. The molecular formula is C27H22ClFN2O4. The first-order valence-electron chi connectivity index (χ1n) is 11.2. The molecule has 2 unspecified atom stereocenters. The van der Waals surface area contributed by atoms with Crippen molar-refractivity contribution >= 4 is 29.3 Å². The van der Waals surface area contributed by atoms with Gasteiger partial charge in [-0.2, -0.15) is 0 Å². The molecule has 0 bridgehead atoms. The van der Waals surface area contributed by atoms with Crippen LogP contribution in [0, 0.1) is 11.7 Å². The number of hydrogen-bond donors (Lipinski definition) is 0. The van der Waals surface area contributed by atoms with Crippen LogP contribution in [0.15, 0.2) is 66.7 Å². The molecule has 3 aromatic carbocycles. The van der Waals surface area contributed by atoms with Gasteiger partial charge in [0.2, 0.25) is 5.91 Å². The third-order valence-electron chi connectivity index (χ3n) is 6.62. The number of methoxy groups -OCH3 is 1. The quantitative estimate of drug-likeness (QED) is 0.460. The molecule has 2 atom stereocenters. The SMILES string of the molecule is COc1ccc(CN2C(=O)CC(CN3C(=O)c4ccccc4C3=O)C2c2cc(F)ccc2Cl)cc1. The van der Waals surface area contributed by atoms with E-state index >= 15 is 0 Å². The van der Waals surface area contributed by atoms with Crippen LogP contribution in [0.2, 0.25) is 5.02 Å². The van der Waals surface area contributed by atoms with Crippen molar-refractivity contribution in [3.63, 3.8) is 0 Å². The van der Waals surface area contributed by atoms with Gasteiger partial charge in [-0.05, 0) is 53.6 Å². The third-order valence-corrected chi connectivity index (χ3v) is 6.97. The minimum absolute atomic E-state index is 0.0225. The average molecular weight is 493 g/mol. The van der Waals surface area contributed by atoms with E-state index in [4.69, 9.17) is 16.3 Å². The van der Waals surface area contributed by atoms with Crippen LogP contribution in [-0.2, 0) is 11.3 Å². The summed E-state index contributed by atoms with van der Waals surface area (Å²) in [5.74, 6) is -1.19. The van der Waals surface area contributed by atoms with Crippen LogP contribution in [0.4, 0.5) is 4.39 Å². The lowest BCUT2D eigenvalue weighted by Gasteiger charge is -2.31. The zero-order valence-electron chi connectivity index (χ0n) is 18.9. The molecule has 1 saturated heterocycles. The summed E-state index contributed by atoms with van der Waals surface area (Å²) < 4.78 is 19.5. The van der Waals surface area contributed by atoms with E-state index in [1.54, 1.807) is 48.4 Å². The molecule has 0 aromatic heterocycles. The first-order valence-corrected chi connectivity index (χ1v) is 11.6. The summed E-state index contributed by atoms with van der Waals surface area (Å²) in [6, 6.07) is 17.4. The van der Waals surface area contributed by atoms with Crippen molar-refractivity contribution in [3.05, 3.63) is 99.8 Å². The molecule has 6 nitrogen and oxygen atoms in total. The van der Waals surface area contributed by atoms with Crippen molar-refractivity contribution < 1.29 is 23.5 Å². The molecule has 2 aliphatic rings. The molecule has 0 radical (unpaired) electrons. The van der Waals surface area contributed by atoms with Crippen molar-refractivity contribution in [3.8, 4) is 5.75 Å². The Morgan fingerprint density at radius 3 is 2.26 bits per heavy atom. The second-order valence-electron chi connectivity index (χ2n) is 8.71. The Morgan fingerprint density at radius 2 is 1.63 bits per heavy atom. The van der Waals surface area contributed by atoms with Crippen molar-refractivity contribution in [1.29, 1.82) is 0 Å². The summed E-state index contributed by atoms with van der Waals surface area (Å²) in [7, 11) is 1.57. The van der Waals surface area contributed by atoms with Gasteiger partial charge >= 0.3 is 0 Å². The summed E-state index contributed by atoms with van der Waals surface area (Å²) in [5.41, 5.74) is 2.00. The van der Waals surface area contributed by atoms with Gasteiger partial charge < -0.3 is 9.64 Å². The van der Waals surface area contributed by atoms with E-state index < -0.39 is 29.6 Å². The second kappa shape index (κ2) is 9.15. The molecule has 3 amide bonds. The lowest BCUT2D eigenvalue weighted by atomic mass is 9.92. The number of nitrogens with zero attached hydrogens (tertiary/aromatic N) is 2. The minimum atomic E-state index is -0.614. The van der Waals surface area contributed by atoms with Gasteiger partial charge in [0.1, 0.15) is 11.6 Å². The normalized spacial score (nSPS) is 19.5. The van der Waals surface area contributed by atoms with Crippen LogP contribution in [0.5, 0.6) is 5.75 Å². The van der Waals surface area contributed by atoms with E-state index in [0.29, 0.717) is 27.5 Å². The Morgan fingerprint density at radius 1 is 0.971 bits per heavy atom. The van der Waals surface area contributed by atoms with Gasteiger partial charge in [0.05, 0.1) is 24.3 Å². The smallest absolute Gasteiger partial charge is 0.261 e. The number of carbonyl (C=O) groups excluding carboxylic acids is 3. The fraction of sp³-hybridized carbons (Fsp3) is 0.222. The number of halogens is 2. The van der Waals surface area contributed by atoms with Gasteiger partial charge in [0.15, 0.2) is 0 Å². The van der Waals surface area contributed by atoms with Crippen LogP contribution in [0.25, 0.3) is 0 Å². The number of likely N-dealkylation sites (tertiary alicyclic amines) is 1. The van der Waals surface area contributed by atoms with Crippen molar-refractivity contribution in [1.82, 2.24) is 9.80 Å². The standard InChI is InChI=1S/C27H22ClFN2O4/c1-35-19-9-6-16(7-10-19)14-30-24(32)12-17(25(30)22-13-18(29)8-11-23(22)28)15-31-26(33)20-4-2-3-5-21(20)27(31)34/h2-11,13,17,25H,12,14-15H2,1H3. The van der Waals surface area contributed by atoms with E-state index in [0.717, 1.165) is 5.56 Å².